The fourth-order valence-electron chi connectivity index (χ4n) is 3.44. The first-order valence-electron chi connectivity index (χ1n) is 9.75. The van der Waals surface area contributed by atoms with Crippen molar-refractivity contribution in [1.82, 2.24) is 9.97 Å². The fraction of sp³-hybridized carbons (Fsp3) is 0.167. The largest absolute Gasteiger partial charge is 0.402 e. The van der Waals surface area contributed by atoms with Gasteiger partial charge in [0, 0.05) is 0 Å². The number of nitrogens with zero attached hydrogens (tertiary/aromatic N) is 2. The van der Waals surface area contributed by atoms with Crippen molar-refractivity contribution in [2.24, 2.45) is 0 Å². The molecule has 0 fully saturated rings. The lowest BCUT2D eigenvalue weighted by atomic mass is 10.1. The molecule has 0 aliphatic heterocycles. The van der Waals surface area contributed by atoms with Crippen molar-refractivity contribution in [3.8, 4) is 21.5 Å². The smallest absolute Gasteiger partial charge is 0.347 e. The zero-order valence-electron chi connectivity index (χ0n) is 17.4. The van der Waals surface area contributed by atoms with Gasteiger partial charge in [-0.05, 0) is 86.3 Å². The Morgan fingerprint density at radius 2 is 1.03 bits per heavy atom. The molecule has 0 saturated carbocycles. The lowest BCUT2D eigenvalue weighted by molar-refractivity contribution is 0.519. The summed E-state index contributed by atoms with van der Waals surface area (Å²) >= 11 is 1.30. The zero-order chi connectivity index (χ0) is 21.9. The van der Waals surface area contributed by atoms with E-state index < -0.39 is 11.3 Å². The molecule has 0 amide bonds. The van der Waals surface area contributed by atoms with Crippen molar-refractivity contribution in [1.29, 1.82) is 0 Å². The Balaban J connectivity index is 1.62. The first kappa shape index (κ1) is 19.4. The molecule has 7 heteroatoms. The van der Waals surface area contributed by atoms with Gasteiger partial charge in [0.2, 0.25) is 11.8 Å². The quantitative estimate of drug-likeness (QED) is 0.377. The topological polar surface area (TPSA) is 86.2 Å². The summed E-state index contributed by atoms with van der Waals surface area (Å²) in [5.41, 5.74) is 4.44. The van der Waals surface area contributed by atoms with Crippen molar-refractivity contribution in [3.63, 3.8) is 0 Å². The van der Waals surface area contributed by atoms with Crippen LogP contribution in [0, 0.1) is 27.7 Å². The highest BCUT2D eigenvalue weighted by Gasteiger charge is 2.16. The summed E-state index contributed by atoms with van der Waals surface area (Å²) in [6, 6.07) is 10.9. The van der Waals surface area contributed by atoms with E-state index in [0.717, 1.165) is 22.3 Å². The summed E-state index contributed by atoms with van der Waals surface area (Å²) in [5, 5.41) is 0.910. The molecule has 0 saturated heterocycles. The zero-order valence-corrected chi connectivity index (χ0v) is 18.2. The number of hydrogen-bond donors (Lipinski definition) is 0. The normalized spacial score (nSPS) is 11.5. The summed E-state index contributed by atoms with van der Waals surface area (Å²) in [7, 11) is 0. The summed E-state index contributed by atoms with van der Waals surface area (Å²) in [5.74, 6) is 0.457. The van der Waals surface area contributed by atoms with Gasteiger partial charge in [-0.15, -0.1) is 11.3 Å². The minimum atomic E-state index is -0.431. The van der Waals surface area contributed by atoms with Gasteiger partial charge < -0.3 is 8.83 Å². The monoisotopic (exact) mass is 430 g/mol. The first-order valence-corrected chi connectivity index (χ1v) is 10.6. The molecule has 3 aromatic heterocycles. The number of thiophene rings is 1. The lowest BCUT2D eigenvalue weighted by Crippen LogP contribution is -2.03. The third-order valence-electron chi connectivity index (χ3n) is 5.51. The third-order valence-corrected chi connectivity index (χ3v) is 6.58. The Kier molecular flexibility index (Phi) is 4.37. The van der Waals surface area contributed by atoms with Crippen molar-refractivity contribution >= 4 is 33.1 Å². The summed E-state index contributed by atoms with van der Waals surface area (Å²) in [4.78, 5) is 35.3. The molecule has 0 atom stereocenters. The van der Waals surface area contributed by atoms with Crippen molar-refractivity contribution in [3.05, 3.63) is 79.5 Å². The maximum Gasteiger partial charge on any atom is 0.347 e. The van der Waals surface area contributed by atoms with Crippen LogP contribution in [0.1, 0.15) is 22.3 Å². The van der Waals surface area contributed by atoms with Crippen LogP contribution in [0.2, 0.25) is 0 Å². The lowest BCUT2D eigenvalue weighted by Gasteiger charge is -2.04. The number of aryl methyl sites for hydroxylation is 4. The van der Waals surface area contributed by atoms with Gasteiger partial charge in [0.05, 0.1) is 31.6 Å². The van der Waals surface area contributed by atoms with E-state index >= 15 is 0 Å². The SMILES string of the molecule is Cc1cc2nc(-c3ccc(-c4nc5cc(C)c(C)cc5c(=O)o4)s3)oc(=O)c2cc1C. The van der Waals surface area contributed by atoms with Crippen LogP contribution in [-0.4, -0.2) is 9.97 Å². The van der Waals surface area contributed by atoms with Gasteiger partial charge in [-0.3, -0.25) is 0 Å². The van der Waals surface area contributed by atoms with E-state index in [1.807, 2.05) is 39.8 Å². The van der Waals surface area contributed by atoms with Crippen molar-refractivity contribution < 1.29 is 8.83 Å². The van der Waals surface area contributed by atoms with E-state index in [0.29, 0.717) is 31.6 Å². The van der Waals surface area contributed by atoms with Crippen LogP contribution in [0.25, 0.3) is 43.3 Å². The maximum atomic E-state index is 12.5. The Bertz CT molecular complexity index is 1510. The number of benzene rings is 2. The van der Waals surface area contributed by atoms with E-state index in [1.54, 1.807) is 24.3 Å². The van der Waals surface area contributed by atoms with Gasteiger partial charge >= 0.3 is 11.3 Å². The maximum absolute atomic E-state index is 12.5. The van der Waals surface area contributed by atoms with E-state index in [4.69, 9.17) is 8.83 Å². The van der Waals surface area contributed by atoms with Gasteiger partial charge in [0.25, 0.3) is 0 Å². The van der Waals surface area contributed by atoms with Crippen molar-refractivity contribution in [2.75, 3.05) is 0 Å². The second kappa shape index (κ2) is 6.99. The molecule has 2 aromatic carbocycles. The van der Waals surface area contributed by atoms with Crippen LogP contribution >= 0.6 is 11.3 Å². The molecule has 3 heterocycles. The highest BCUT2D eigenvalue weighted by Crippen LogP contribution is 2.33. The fourth-order valence-corrected chi connectivity index (χ4v) is 4.30. The van der Waals surface area contributed by atoms with Gasteiger partial charge in [-0.2, -0.15) is 0 Å². The molecule has 0 radical (unpaired) electrons. The molecule has 0 bridgehead atoms. The summed E-state index contributed by atoms with van der Waals surface area (Å²) in [6.45, 7) is 7.84. The molecule has 5 aromatic rings. The molecule has 0 unspecified atom stereocenters. The molecule has 0 aliphatic carbocycles. The molecule has 5 rings (SSSR count). The van der Waals surface area contributed by atoms with Crippen LogP contribution in [0.5, 0.6) is 0 Å². The van der Waals surface area contributed by atoms with E-state index in [9.17, 15) is 9.59 Å². The molecule has 6 nitrogen and oxygen atoms in total. The van der Waals surface area contributed by atoms with Gasteiger partial charge in [0.15, 0.2) is 0 Å². The molecular weight excluding hydrogens is 412 g/mol. The Morgan fingerprint density at radius 3 is 1.45 bits per heavy atom. The Labute approximate surface area is 180 Å². The van der Waals surface area contributed by atoms with Crippen LogP contribution in [0.3, 0.4) is 0 Å². The average Bonchev–Trinajstić information content (AvgIpc) is 3.21. The summed E-state index contributed by atoms with van der Waals surface area (Å²) in [6.07, 6.45) is 0. The predicted molar refractivity (Wildman–Crippen MR) is 122 cm³/mol. The average molecular weight is 430 g/mol. The van der Waals surface area contributed by atoms with Crippen LogP contribution in [-0.2, 0) is 0 Å². The number of hydrogen-bond acceptors (Lipinski definition) is 7. The Hall–Kier alpha value is -3.58. The number of rotatable bonds is 2. The highest BCUT2D eigenvalue weighted by molar-refractivity contribution is 7.18. The van der Waals surface area contributed by atoms with E-state index in [-0.39, 0.29) is 11.8 Å². The first-order chi connectivity index (χ1) is 14.8. The van der Waals surface area contributed by atoms with E-state index in [2.05, 4.69) is 9.97 Å². The van der Waals surface area contributed by atoms with Gasteiger partial charge in [0.1, 0.15) is 0 Å². The van der Waals surface area contributed by atoms with Gasteiger partial charge in [-0.1, -0.05) is 0 Å². The molecule has 154 valence electrons. The second-order valence-corrected chi connectivity index (χ2v) is 8.77. The third kappa shape index (κ3) is 3.27. The molecule has 0 N–H and O–H groups in total. The Morgan fingerprint density at radius 1 is 0.645 bits per heavy atom. The molecular formula is C24H18N2O4S. The minimum Gasteiger partial charge on any atom is -0.402 e. The highest BCUT2D eigenvalue weighted by atomic mass is 32.1. The van der Waals surface area contributed by atoms with Crippen LogP contribution < -0.4 is 11.3 Å². The van der Waals surface area contributed by atoms with E-state index in [1.165, 1.54) is 11.3 Å². The number of aromatic nitrogens is 2. The molecule has 31 heavy (non-hydrogen) atoms. The van der Waals surface area contributed by atoms with Crippen LogP contribution in [0.15, 0.2) is 54.8 Å². The van der Waals surface area contributed by atoms with Crippen LogP contribution in [0.4, 0.5) is 0 Å². The standard InChI is InChI=1S/C24H18N2O4S/c1-11-7-15-17(9-13(11)3)25-21(29-23(15)27)19-5-6-20(31-19)22-26-18-10-14(4)12(2)8-16(18)24(28)30-22/h5-10H,1-4H3. The molecule has 0 aliphatic rings. The second-order valence-electron chi connectivity index (χ2n) is 7.68. The predicted octanol–water partition coefficient (Wildman–Crippen LogP) is 5.32. The minimum absolute atomic E-state index is 0.228. The van der Waals surface area contributed by atoms with Crippen molar-refractivity contribution in [2.45, 2.75) is 27.7 Å². The molecule has 0 spiro atoms. The summed E-state index contributed by atoms with van der Waals surface area (Å²) < 4.78 is 10.9. The van der Waals surface area contributed by atoms with Gasteiger partial charge in [-0.25, -0.2) is 19.6 Å². The number of fused-ring (bicyclic) bond motifs is 2.